The number of carbonyl (C=O) groups is 2. The van der Waals surface area contributed by atoms with Gasteiger partial charge in [0.2, 0.25) is 11.8 Å². The number of carbonyl (C=O) groups excluding carboxylic acids is 2. The third kappa shape index (κ3) is 6.22. The van der Waals surface area contributed by atoms with Gasteiger partial charge in [0.25, 0.3) is 0 Å². The van der Waals surface area contributed by atoms with Gasteiger partial charge in [-0.05, 0) is 31.9 Å². The number of nitrogens with zero attached hydrogens (tertiary/aromatic N) is 1. The molecule has 0 bridgehead atoms. The highest BCUT2D eigenvalue weighted by molar-refractivity contribution is 6.04. The van der Waals surface area contributed by atoms with Crippen LogP contribution in [-0.4, -0.2) is 69.8 Å². The summed E-state index contributed by atoms with van der Waals surface area (Å²) < 4.78 is 10.6. The Morgan fingerprint density at radius 1 is 1.11 bits per heavy atom. The molecular weight excluding hydrogens is 346 g/mol. The Morgan fingerprint density at radius 2 is 1.74 bits per heavy atom. The first kappa shape index (κ1) is 21.2. The molecule has 0 saturated carbocycles. The zero-order chi connectivity index (χ0) is 19.7. The number of hydrogen-bond donors (Lipinski definition) is 2. The van der Waals surface area contributed by atoms with Gasteiger partial charge in [-0.25, -0.2) is 0 Å². The second-order valence-electron chi connectivity index (χ2n) is 7.15. The predicted molar refractivity (Wildman–Crippen MR) is 104 cm³/mol. The van der Waals surface area contributed by atoms with Gasteiger partial charge >= 0.3 is 0 Å². The van der Waals surface area contributed by atoms with Gasteiger partial charge < -0.3 is 20.1 Å². The molecule has 2 N–H and O–H groups in total. The Hall–Kier alpha value is -2.12. The van der Waals surface area contributed by atoms with E-state index in [1.54, 1.807) is 21.0 Å². The van der Waals surface area contributed by atoms with E-state index >= 15 is 0 Å². The first-order chi connectivity index (χ1) is 12.9. The SMILES string of the molecule is COc1ccccc1CCNC(=O)C(C)(C)C(=O)NCCN1CCOCC1. The van der Waals surface area contributed by atoms with Crippen LogP contribution in [0, 0.1) is 5.41 Å². The summed E-state index contributed by atoms with van der Waals surface area (Å²) in [6.07, 6.45) is 0.643. The number of para-hydroxylation sites is 1. The van der Waals surface area contributed by atoms with Crippen molar-refractivity contribution in [2.75, 3.05) is 53.0 Å². The standard InChI is InChI=1S/C20H31N3O4/c1-20(2,19(25)22-10-11-23-12-14-27-15-13-23)18(24)21-9-8-16-6-4-5-7-17(16)26-3/h4-7H,8-15H2,1-3H3,(H,21,24)(H,22,25). The maximum Gasteiger partial charge on any atom is 0.235 e. The van der Waals surface area contributed by atoms with E-state index in [1.165, 1.54) is 0 Å². The van der Waals surface area contributed by atoms with Gasteiger partial charge in [-0.2, -0.15) is 0 Å². The number of methoxy groups -OCH3 is 1. The van der Waals surface area contributed by atoms with E-state index in [2.05, 4.69) is 15.5 Å². The molecule has 0 atom stereocenters. The number of ether oxygens (including phenoxy) is 2. The fourth-order valence-electron chi connectivity index (χ4n) is 2.92. The molecule has 2 rings (SSSR count). The zero-order valence-corrected chi connectivity index (χ0v) is 16.5. The first-order valence-electron chi connectivity index (χ1n) is 9.43. The topological polar surface area (TPSA) is 79.9 Å². The summed E-state index contributed by atoms with van der Waals surface area (Å²) in [5.74, 6) is 0.263. The normalized spacial score (nSPS) is 15.2. The molecule has 0 spiro atoms. The maximum atomic E-state index is 12.5. The Kier molecular flexibility index (Phi) is 8.06. The molecule has 150 valence electrons. The van der Waals surface area contributed by atoms with Crippen LogP contribution in [0.15, 0.2) is 24.3 Å². The van der Waals surface area contributed by atoms with Crippen molar-refractivity contribution in [3.05, 3.63) is 29.8 Å². The molecule has 1 aromatic rings. The summed E-state index contributed by atoms with van der Waals surface area (Å²) in [4.78, 5) is 27.2. The van der Waals surface area contributed by atoms with Crippen LogP contribution < -0.4 is 15.4 Å². The van der Waals surface area contributed by atoms with Crippen LogP contribution in [0.25, 0.3) is 0 Å². The van der Waals surface area contributed by atoms with E-state index in [0.717, 1.165) is 44.2 Å². The van der Waals surface area contributed by atoms with Gasteiger partial charge in [0.15, 0.2) is 0 Å². The van der Waals surface area contributed by atoms with Crippen LogP contribution >= 0.6 is 0 Å². The molecule has 0 aromatic heterocycles. The lowest BCUT2D eigenvalue weighted by Crippen LogP contribution is -2.50. The van der Waals surface area contributed by atoms with Gasteiger partial charge in [0, 0.05) is 32.7 Å². The Labute approximate surface area is 161 Å². The first-order valence-corrected chi connectivity index (χ1v) is 9.43. The minimum absolute atomic E-state index is 0.259. The molecule has 0 aliphatic carbocycles. The van der Waals surface area contributed by atoms with Crippen LogP contribution in [0.3, 0.4) is 0 Å². The molecule has 27 heavy (non-hydrogen) atoms. The van der Waals surface area contributed by atoms with Gasteiger partial charge in [-0.1, -0.05) is 18.2 Å². The summed E-state index contributed by atoms with van der Waals surface area (Å²) >= 11 is 0. The van der Waals surface area contributed by atoms with Gasteiger partial charge in [-0.3, -0.25) is 14.5 Å². The van der Waals surface area contributed by atoms with E-state index in [0.29, 0.717) is 19.5 Å². The average molecular weight is 377 g/mol. The molecule has 1 saturated heterocycles. The Bertz CT molecular complexity index is 627. The molecular formula is C20H31N3O4. The highest BCUT2D eigenvalue weighted by Gasteiger charge is 2.35. The van der Waals surface area contributed by atoms with E-state index in [-0.39, 0.29) is 11.8 Å². The number of benzene rings is 1. The van der Waals surface area contributed by atoms with Crippen molar-refractivity contribution in [3.8, 4) is 5.75 Å². The monoisotopic (exact) mass is 377 g/mol. The van der Waals surface area contributed by atoms with Crippen LogP contribution in [0.2, 0.25) is 0 Å². The summed E-state index contributed by atoms with van der Waals surface area (Å²) in [5, 5.41) is 5.74. The van der Waals surface area contributed by atoms with E-state index in [1.807, 2.05) is 24.3 Å². The van der Waals surface area contributed by atoms with Crippen LogP contribution in [-0.2, 0) is 20.7 Å². The molecule has 1 aliphatic rings. The number of nitrogens with one attached hydrogen (secondary N) is 2. The fourth-order valence-corrected chi connectivity index (χ4v) is 2.92. The third-order valence-corrected chi connectivity index (χ3v) is 4.83. The summed E-state index contributed by atoms with van der Waals surface area (Å²) in [6, 6.07) is 7.70. The van der Waals surface area contributed by atoms with Gasteiger partial charge in [0.1, 0.15) is 11.2 Å². The minimum atomic E-state index is -1.12. The molecule has 1 aliphatic heterocycles. The average Bonchev–Trinajstić information content (AvgIpc) is 2.68. The molecule has 2 amide bonds. The lowest BCUT2D eigenvalue weighted by Gasteiger charge is -2.27. The predicted octanol–water partition coefficient (Wildman–Crippen LogP) is 0.829. The van der Waals surface area contributed by atoms with Crippen LogP contribution in [0.1, 0.15) is 19.4 Å². The summed E-state index contributed by atoms with van der Waals surface area (Å²) in [6.45, 7) is 8.25. The van der Waals surface area contributed by atoms with E-state index in [9.17, 15) is 9.59 Å². The molecule has 7 heteroatoms. The highest BCUT2D eigenvalue weighted by atomic mass is 16.5. The Morgan fingerprint density at radius 3 is 2.41 bits per heavy atom. The van der Waals surface area contributed by atoms with Crippen molar-refractivity contribution in [1.29, 1.82) is 0 Å². The van der Waals surface area contributed by atoms with Crippen LogP contribution in [0.5, 0.6) is 5.75 Å². The fraction of sp³-hybridized carbons (Fsp3) is 0.600. The van der Waals surface area contributed by atoms with Crippen molar-refractivity contribution < 1.29 is 19.1 Å². The third-order valence-electron chi connectivity index (χ3n) is 4.83. The zero-order valence-electron chi connectivity index (χ0n) is 16.5. The quantitative estimate of drug-likeness (QED) is 0.623. The van der Waals surface area contributed by atoms with E-state index < -0.39 is 5.41 Å². The van der Waals surface area contributed by atoms with E-state index in [4.69, 9.17) is 9.47 Å². The van der Waals surface area contributed by atoms with Crippen molar-refractivity contribution in [3.63, 3.8) is 0 Å². The maximum absolute atomic E-state index is 12.5. The molecule has 1 heterocycles. The molecule has 1 aromatic carbocycles. The second-order valence-corrected chi connectivity index (χ2v) is 7.15. The molecule has 0 unspecified atom stereocenters. The second kappa shape index (κ2) is 10.3. The van der Waals surface area contributed by atoms with Crippen molar-refractivity contribution in [2.45, 2.75) is 20.3 Å². The number of rotatable bonds is 9. The van der Waals surface area contributed by atoms with Crippen LogP contribution in [0.4, 0.5) is 0 Å². The molecule has 0 radical (unpaired) electrons. The van der Waals surface area contributed by atoms with Gasteiger partial charge in [0.05, 0.1) is 20.3 Å². The molecule has 7 nitrogen and oxygen atoms in total. The lowest BCUT2D eigenvalue weighted by molar-refractivity contribution is -0.141. The summed E-state index contributed by atoms with van der Waals surface area (Å²) in [5.41, 5.74) is -0.0979. The lowest BCUT2D eigenvalue weighted by atomic mass is 9.91. The largest absolute Gasteiger partial charge is 0.496 e. The number of morpholine rings is 1. The Balaban J connectivity index is 1.74. The summed E-state index contributed by atoms with van der Waals surface area (Å²) in [7, 11) is 1.63. The highest BCUT2D eigenvalue weighted by Crippen LogP contribution is 2.18. The number of hydrogen-bond acceptors (Lipinski definition) is 5. The van der Waals surface area contributed by atoms with Crippen molar-refractivity contribution in [1.82, 2.24) is 15.5 Å². The van der Waals surface area contributed by atoms with Gasteiger partial charge in [-0.15, -0.1) is 0 Å². The van der Waals surface area contributed by atoms with Crippen molar-refractivity contribution in [2.24, 2.45) is 5.41 Å². The number of amides is 2. The smallest absolute Gasteiger partial charge is 0.235 e. The van der Waals surface area contributed by atoms with Crippen molar-refractivity contribution >= 4 is 11.8 Å². The molecule has 1 fully saturated rings. The minimum Gasteiger partial charge on any atom is -0.496 e.